The van der Waals surface area contributed by atoms with Crippen LogP contribution in [0, 0.1) is 13.8 Å². The van der Waals surface area contributed by atoms with Crippen LogP contribution in [0.25, 0.3) is 0 Å². The SMILES string of the molecule is CCCNC(COCC)c1cc(C)c(OC)cc1C. The third-order valence-corrected chi connectivity index (χ3v) is 3.29. The topological polar surface area (TPSA) is 30.5 Å². The predicted molar refractivity (Wildman–Crippen MR) is 80.0 cm³/mol. The summed E-state index contributed by atoms with van der Waals surface area (Å²) in [5, 5.41) is 3.56. The molecule has 1 aromatic rings. The molecular weight excluding hydrogens is 238 g/mol. The summed E-state index contributed by atoms with van der Waals surface area (Å²) in [5.41, 5.74) is 3.72. The van der Waals surface area contributed by atoms with E-state index in [1.165, 1.54) is 16.7 Å². The van der Waals surface area contributed by atoms with Gasteiger partial charge in [0.1, 0.15) is 5.75 Å². The lowest BCUT2D eigenvalue weighted by Gasteiger charge is -2.22. The molecule has 0 spiro atoms. The van der Waals surface area contributed by atoms with Crippen LogP contribution in [0.5, 0.6) is 5.75 Å². The highest BCUT2D eigenvalue weighted by atomic mass is 16.5. The summed E-state index contributed by atoms with van der Waals surface area (Å²) in [6, 6.07) is 4.57. The molecule has 1 unspecified atom stereocenters. The van der Waals surface area contributed by atoms with Gasteiger partial charge in [0.05, 0.1) is 19.8 Å². The van der Waals surface area contributed by atoms with Crippen molar-refractivity contribution in [2.75, 3.05) is 26.9 Å². The smallest absolute Gasteiger partial charge is 0.122 e. The van der Waals surface area contributed by atoms with Crippen molar-refractivity contribution in [3.63, 3.8) is 0 Å². The van der Waals surface area contributed by atoms with Crippen molar-refractivity contribution in [3.8, 4) is 5.75 Å². The minimum absolute atomic E-state index is 0.254. The van der Waals surface area contributed by atoms with Crippen LogP contribution in [0.3, 0.4) is 0 Å². The molecule has 108 valence electrons. The summed E-state index contributed by atoms with van der Waals surface area (Å²) in [6.07, 6.45) is 1.12. The third-order valence-electron chi connectivity index (χ3n) is 3.29. The summed E-state index contributed by atoms with van der Waals surface area (Å²) in [6.45, 7) is 10.9. The first kappa shape index (κ1) is 16.0. The average molecular weight is 265 g/mol. The van der Waals surface area contributed by atoms with Gasteiger partial charge in [0.2, 0.25) is 0 Å². The normalized spacial score (nSPS) is 12.5. The Hall–Kier alpha value is -1.06. The van der Waals surface area contributed by atoms with Crippen LogP contribution in [0.15, 0.2) is 12.1 Å². The van der Waals surface area contributed by atoms with Crippen molar-refractivity contribution in [2.45, 2.75) is 40.2 Å². The Balaban J connectivity index is 2.96. The Morgan fingerprint density at radius 2 is 1.89 bits per heavy atom. The van der Waals surface area contributed by atoms with Gasteiger partial charge in [-0.1, -0.05) is 13.0 Å². The second-order valence-corrected chi connectivity index (χ2v) is 4.84. The zero-order valence-electron chi connectivity index (χ0n) is 12.9. The highest BCUT2D eigenvalue weighted by molar-refractivity contribution is 5.42. The lowest BCUT2D eigenvalue weighted by Crippen LogP contribution is -2.27. The molecule has 1 aromatic carbocycles. The molecule has 0 saturated heterocycles. The van der Waals surface area contributed by atoms with E-state index in [1.807, 2.05) is 6.92 Å². The van der Waals surface area contributed by atoms with Crippen molar-refractivity contribution >= 4 is 0 Å². The maximum atomic E-state index is 5.60. The number of methoxy groups -OCH3 is 1. The quantitative estimate of drug-likeness (QED) is 0.781. The van der Waals surface area contributed by atoms with E-state index < -0.39 is 0 Å². The molecule has 0 aliphatic heterocycles. The molecule has 0 bridgehead atoms. The number of hydrogen-bond acceptors (Lipinski definition) is 3. The zero-order chi connectivity index (χ0) is 14.3. The molecule has 1 atom stereocenters. The van der Waals surface area contributed by atoms with Crippen LogP contribution < -0.4 is 10.1 Å². The van der Waals surface area contributed by atoms with Crippen molar-refractivity contribution in [2.24, 2.45) is 0 Å². The van der Waals surface area contributed by atoms with Crippen LogP contribution in [0.1, 0.15) is 43.0 Å². The molecule has 1 rings (SSSR count). The standard InChI is InChI=1S/C16H27NO2/c1-6-8-17-15(11-19-7-2)14-9-13(4)16(18-5)10-12(14)3/h9-10,15,17H,6-8,11H2,1-5H3. The molecule has 0 heterocycles. The monoisotopic (exact) mass is 265 g/mol. The number of rotatable bonds is 8. The van der Waals surface area contributed by atoms with E-state index in [0.29, 0.717) is 6.61 Å². The van der Waals surface area contributed by atoms with Crippen LogP contribution in [0.4, 0.5) is 0 Å². The van der Waals surface area contributed by atoms with E-state index in [9.17, 15) is 0 Å². The summed E-state index contributed by atoms with van der Waals surface area (Å²) >= 11 is 0. The first-order valence-corrected chi connectivity index (χ1v) is 7.10. The molecule has 0 aromatic heterocycles. The first-order chi connectivity index (χ1) is 9.13. The minimum atomic E-state index is 0.254. The summed E-state index contributed by atoms with van der Waals surface area (Å²) < 4.78 is 11.0. The number of hydrogen-bond donors (Lipinski definition) is 1. The fourth-order valence-corrected chi connectivity index (χ4v) is 2.22. The Morgan fingerprint density at radius 1 is 1.16 bits per heavy atom. The van der Waals surface area contributed by atoms with Gasteiger partial charge in [0.15, 0.2) is 0 Å². The molecule has 0 amide bonds. The van der Waals surface area contributed by atoms with Crippen LogP contribution in [-0.2, 0) is 4.74 Å². The van der Waals surface area contributed by atoms with Gasteiger partial charge < -0.3 is 14.8 Å². The molecule has 0 radical (unpaired) electrons. The molecule has 3 heteroatoms. The Kier molecular flexibility index (Phi) is 6.89. The fourth-order valence-electron chi connectivity index (χ4n) is 2.22. The summed E-state index contributed by atoms with van der Waals surface area (Å²) in [4.78, 5) is 0. The largest absolute Gasteiger partial charge is 0.496 e. The number of nitrogens with one attached hydrogen (secondary N) is 1. The maximum Gasteiger partial charge on any atom is 0.122 e. The summed E-state index contributed by atoms with van der Waals surface area (Å²) in [7, 11) is 1.72. The Morgan fingerprint density at radius 3 is 2.47 bits per heavy atom. The second kappa shape index (κ2) is 8.18. The molecule has 0 aliphatic rings. The molecule has 0 aliphatic carbocycles. The van der Waals surface area contributed by atoms with E-state index >= 15 is 0 Å². The van der Waals surface area contributed by atoms with Crippen molar-refractivity contribution in [3.05, 3.63) is 28.8 Å². The van der Waals surface area contributed by atoms with E-state index in [1.54, 1.807) is 7.11 Å². The number of benzene rings is 1. The van der Waals surface area contributed by atoms with Gasteiger partial charge in [0.25, 0.3) is 0 Å². The molecule has 0 fully saturated rings. The highest BCUT2D eigenvalue weighted by Crippen LogP contribution is 2.26. The van der Waals surface area contributed by atoms with Gasteiger partial charge in [-0.25, -0.2) is 0 Å². The average Bonchev–Trinajstić information content (AvgIpc) is 2.41. The molecule has 1 N–H and O–H groups in total. The molecule has 19 heavy (non-hydrogen) atoms. The van der Waals surface area contributed by atoms with E-state index in [2.05, 4.69) is 38.2 Å². The van der Waals surface area contributed by atoms with Gasteiger partial charge in [-0.3, -0.25) is 0 Å². The van der Waals surface area contributed by atoms with E-state index in [-0.39, 0.29) is 6.04 Å². The molecule has 0 saturated carbocycles. The van der Waals surface area contributed by atoms with E-state index in [0.717, 1.165) is 25.3 Å². The van der Waals surface area contributed by atoms with E-state index in [4.69, 9.17) is 9.47 Å². The zero-order valence-corrected chi connectivity index (χ0v) is 12.9. The van der Waals surface area contributed by atoms with Gasteiger partial charge in [-0.05, 0) is 56.5 Å². The maximum absolute atomic E-state index is 5.60. The molecular formula is C16H27NO2. The molecule has 3 nitrogen and oxygen atoms in total. The minimum Gasteiger partial charge on any atom is -0.496 e. The van der Waals surface area contributed by atoms with Crippen molar-refractivity contribution in [1.29, 1.82) is 0 Å². The Bertz CT molecular complexity index is 383. The highest BCUT2D eigenvalue weighted by Gasteiger charge is 2.15. The van der Waals surface area contributed by atoms with Crippen molar-refractivity contribution in [1.82, 2.24) is 5.32 Å². The Labute approximate surface area is 117 Å². The lowest BCUT2D eigenvalue weighted by atomic mass is 9.98. The fraction of sp³-hybridized carbons (Fsp3) is 0.625. The number of aryl methyl sites for hydroxylation is 2. The second-order valence-electron chi connectivity index (χ2n) is 4.84. The summed E-state index contributed by atoms with van der Waals surface area (Å²) in [5.74, 6) is 0.951. The first-order valence-electron chi connectivity index (χ1n) is 7.10. The van der Waals surface area contributed by atoms with Gasteiger partial charge in [-0.15, -0.1) is 0 Å². The van der Waals surface area contributed by atoms with Gasteiger partial charge >= 0.3 is 0 Å². The van der Waals surface area contributed by atoms with Crippen molar-refractivity contribution < 1.29 is 9.47 Å². The predicted octanol–water partition coefficient (Wildman–Crippen LogP) is 3.39. The van der Waals surface area contributed by atoms with Crippen LogP contribution in [0.2, 0.25) is 0 Å². The van der Waals surface area contributed by atoms with Crippen LogP contribution in [-0.4, -0.2) is 26.9 Å². The van der Waals surface area contributed by atoms with Gasteiger partial charge in [-0.2, -0.15) is 0 Å². The number of ether oxygens (including phenoxy) is 2. The lowest BCUT2D eigenvalue weighted by molar-refractivity contribution is 0.123. The van der Waals surface area contributed by atoms with Crippen LogP contribution >= 0.6 is 0 Å². The van der Waals surface area contributed by atoms with Gasteiger partial charge in [0, 0.05) is 6.61 Å². The third kappa shape index (κ3) is 4.51.